The Morgan fingerprint density at radius 2 is 1.27 bits per heavy atom. The van der Waals surface area contributed by atoms with Gasteiger partial charge in [0.05, 0.1) is 6.10 Å². The van der Waals surface area contributed by atoms with Crippen molar-refractivity contribution in [2.45, 2.75) is 96.5 Å². The Balaban J connectivity index is 1.86. The normalized spacial score (nSPS) is 12.5. The molecule has 1 heteroatoms. The van der Waals surface area contributed by atoms with Gasteiger partial charge in [-0.3, -0.25) is 0 Å². The SMILES string of the molecule is CCCCCCCCCCCC(O)CCCc1ccccc1. The van der Waals surface area contributed by atoms with Gasteiger partial charge in [-0.25, -0.2) is 0 Å². The van der Waals surface area contributed by atoms with Crippen molar-refractivity contribution < 1.29 is 5.11 Å². The molecule has 1 rings (SSSR count). The molecule has 0 aromatic heterocycles. The minimum absolute atomic E-state index is 0.0896. The summed E-state index contributed by atoms with van der Waals surface area (Å²) in [5.74, 6) is 0. The summed E-state index contributed by atoms with van der Waals surface area (Å²) in [7, 11) is 0. The smallest absolute Gasteiger partial charge is 0.0540 e. The second-order valence-corrected chi connectivity index (χ2v) is 6.65. The van der Waals surface area contributed by atoms with E-state index in [4.69, 9.17) is 0 Å². The van der Waals surface area contributed by atoms with Crippen molar-refractivity contribution in [1.29, 1.82) is 0 Å². The zero-order valence-corrected chi connectivity index (χ0v) is 14.6. The van der Waals surface area contributed by atoms with E-state index in [2.05, 4.69) is 37.3 Å². The van der Waals surface area contributed by atoms with Crippen molar-refractivity contribution in [1.82, 2.24) is 0 Å². The van der Waals surface area contributed by atoms with Gasteiger partial charge in [-0.2, -0.15) is 0 Å². The third kappa shape index (κ3) is 10.8. The average Bonchev–Trinajstić information content (AvgIpc) is 2.54. The zero-order chi connectivity index (χ0) is 15.9. The number of aliphatic hydroxyl groups is 1. The average molecular weight is 305 g/mol. The first-order valence-corrected chi connectivity index (χ1v) is 9.55. The van der Waals surface area contributed by atoms with Gasteiger partial charge in [-0.1, -0.05) is 95.0 Å². The van der Waals surface area contributed by atoms with Gasteiger partial charge in [0.15, 0.2) is 0 Å². The first kappa shape index (κ1) is 19.2. The third-order valence-corrected chi connectivity index (χ3v) is 4.49. The van der Waals surface area contributed by atoms with Crippen molar-refractivity contribution in [2.24, 2.45) is 0 Å². The number of hydrogen-bond donors (Lipinski definition) is 1. The lowest BCUT2D eigenvalue weighted by Gasteiger charge is -2.10. The van der Waals surface area contributed by atoms with E-state index >= 15 is 0 Å². The fraction of sp³-hybridized carbons (Fsp3) is 0.714. The van der Waals surface area contributed by atoms with Gasteiger partial charge in [0.1, 0.15) is 0 Å². The molecule has 1 unspecified atom stereocenters. The third-order valence-electron chi connectivity index (χ3n) is 4.49. The Morgan fingerprint density at radius 1 is 0.727 bits per heavy atom. The fourth-order valence-corrected chi connectivity index (χ4v) is 3.02. The zero-order valence-electron chi connectivity index (χ0n) is 14.6. The van der Waals surface area contributed by atoms with Crippen molar-refractivity contribution in [2.75, 3.05) is 0 Å². The van der Waals surface area contributed by atoms with Crippen molar-refractivity contribution in [3.05, 3.63) is 35.9 Å². The molecule has 1 aromatic carbocycles. The van der Waals surface area contributed by atoms with Crippen LogP contribution in [0, 0.1) is 0 Å². The summed E-state index contributed by atoms with van der Waals surface area (Å²) in [5, 5.41) is 10.0. The number of unbranched alkanes of at least 4 members (excludes halogenated alkanes) is 8. The lowest BCUT2D eigenvalue weighted by molar-refractivity contribution is 0.148. The number of benzene rings is 1. The molecule has 1 atom stereocenters. The molecule has 0 fully saturated rings. The van der Waals surface area contributed by atoms with Gasteiger partial charge >= 0.3 is 0 Å². The molecule has 1 nitrogen and oxygen atoms in total. The predicted molar refractivity (Wildman–Crippen MR) is 97.2 cm³/mol. The molecule has 0 radical (unpaired) electrons. The van der Waals surface area contributed by atoms with Crippen molar-refractivity contribution in [3.8, 4) is 0 Å². The van der Waals surface area contributed by atoms with E-state index in [1.54, 1.807) is 0 Å². The summed E-state index contributed by atoms with van der Waals surface area (Å²) >= 11 is 0. The Kier molecular flexibility index (Phi) is 12.1. The van der Waals surface area contributed by atoms with Crippen LogP contribution in [0.25, 0.3) is 0 Å². The van der Waals surface area contributed by atoms with Gasteiger partial charge in [-0.05, 0) is 31.2 Å². The topological polar surface area (TPSA) is 20.2 Å². The van der Waals surface area contributed by atoms with E-state index < -0.39 is 0 Å². The molecule has 0 saturated heterocycles. The fourth-order valence-electron chi connectivity index (χ4n) is 3.02. The number of aliphatic hydroxyl groups excluding tert-OH is 1. The summed E-state index contributed by atoms with van der Waals surface area (Å²) in [5.41, 5.74) is 1.39. The minimum Gasteiger partial charge on any atom is -0.393 e. The predicted octanol–water partition coefficient (Wildman–Crippen LogP) is 6.29. The summed E-state index contributed by atoms with van der Waals surface area (Å²) in [4.78, 5) is 0. The van der Waals surface area contributed by atoms with E-state index in [0.29, 0.717) is 0 Å². The molecular weight excluding hydrogens is 268 g/mol. The lowest BCUT2D eigenvalue weighted by atomic mass is 10.0. The second-order valence-electron chi connectivity index (χ2n) is 6.65. The molecule has 0 heterocycles. The molecule has 0 aliphatic rings. The Hall–Kier alpha value is -0.820. The van der Waals surface area contributed by atoms with Gasteiger partial charge in [0.25, 0.3) is 0 Å². The van der Waals surface area contributed by atoms with Gasteiger partial charge < -0.3 is 5.11 Å². The van der Waals surface area contributed by atoms with E-state index in [0.717, 1.165) is 25.7 Å². The molecule has 1 aromatic rings. The molecule has 0 spiro atoms. The van der Waals surface area contributed by atoms with Crippen LogP contribution in [0.4, 0.5) is 0 Å². The van der Waals surface area contributed by atoms with Crippen LogP contribution in [0.15, 0.2) is 30.3 Å². The summed E-state index contributed by atoms with van der Waals surface area (Å²) < 4.78 is 0. The highest BCUT2D eigenvalue weighted by Gasteiger charge is 2.04. The largest absolute Gasteiger partial charge is 0.393 e. The summed E-state index contributed by atoms with van der Waals surface area (Å²) in [6.45, 7) is 2.27. The van der Waals surface area contributed by atoms with Gasteiger partial charge in [0, 0.05) is 0 Å². The van der Waals surface area contributed by atoms with Crippen LogP contribution in [-0.2, 0) is 6.42 Å². The first-order chi connectivity index (χ1) is 10.8. The van der Waals surface area contributed by atoms with Crippen LogP contribution in [0.5, 0.6) is 0 Å². The molecule has 0 aliphatic heterocycles. The summed E-state index contributed by atoms with van der Waals surface area (Å²) in [6.07, 6.45) is 16.2. The Labute approximate surface area is 138 Å². The Bertz CT molecular complexity index is 333. The van der Waals surface area contributed by atoms with E-state index in [1.165, 1.54) is 63.4 Å². The van der Waals surface area contributed by atoms with Gasteiger partial charge in [-0.15, -0.1) is 0 Å². The second kappa shape index (κ2) is 13.8. The highest BCUT2D eigenvalue weighted by atomic mass is 16.3. The standard InChI is InChI=1S/C21H36O/c1-2-3-4-5-6-7-8-9-13-18-21(22)19-14-17-20-15-11-10-12-16-20/h10-12,15-16,21-22H,2-9,13-14,17-19H2,1H3. The molecule has 0 amide bonds. The monoisotopic (exact) mass is 304 g/mol. The first-order valence-electron chi connectivity index (χ1n) is 9.55. The number of rotatable bonds is 14. The van der Waals surface area contributed by atoms with Crippen LogP contribution < -0.4 is 0 Å². The van der Waals surface area contributed by atoms with Crippen LogP contribution in [0.1, 0.15) is 89.5 Å². The minimum atomic E-state index is -0.0896. The number of aryl methyl sites for hydroxylation is 1. The van der Waals surface area contributed by atoms with Crippen LogP contribution in [0.2, 0.25) is 0 Å². The molecule has 0 saturated carbocycles. The van der Waals surface area contributed by atoms with E-state index in [-0.39, 0.29) is 6.10 Å². The molecule has 126 valence electrons. The van der Waals surface area contributed by atoms with E-state index in [9.17, 15) is 5.11 Å². The van der Waals surface area contributed by atoms with Gasteiger partial charge in [0.2, 0.25) is 0 Å². The van der Waals surface area contributed by atoms with Crippen molar-refractivity contribution >= 4 is 0 Å². The van der Waals surface area contributed by atoms with Crippen LogP contribution in [0.3, 0.4) is 0 Å². The van der Waals surface area contributed by atoms with Crippen LogP contribution in [-0.4, -0.2) is 11.2 Å². The maximum absolute atomic E-state index is 10.0. The molecule has 0 aliphatic carbocycles. The molecule has 0 bridgehead atoms. The van der Waals surface area contributed by atoms with Crippen molar-refractivity contribution in [3.63, 3.8) is 0 Å². The van der Waals surface area contributed by atoms with E-state index in [1.807, 2.05) is 0 Å². The molecule has 22 heavy (non-hydrogen) atoms. The Morgan fingerprint density at radius 3 is 1.91 bits per heavy atom. The maximum Gasteiger partial charge on any atom is 0.0540 e. The summed E-state index contributed by atoms with van der Waals surface area (Å²) in [6, 6.07) is 10.6. The maximum atomic E-state index is 10.0. The highest BCUT2D eigenvalue weighted by Crippen LogP contribution is 2.14. The van der Waals surface area contributed by atoms with Crippen LogP contribution >= 0.6 is 0 Å². The number of hydrogen-bond acceptors (Lipinski definition) is 1. The highest BCUT2D eigenvalue weighted by molar-refractivity contribution is 5.14. The molecule has 1 N–H and O–H groups in total. The quantitative estimate of drug-likeness (QED) is 0.400. The molecular formula is C21H36O. The lowest BCUT2D eigenvalue weighted by Crippen LogP contribution is -2.06.